The van der Waals surface area contributed by atoms with E-state index >= 15 is 0 Å². The van der Waals surface area contributed by atoms with Crippen LogP contribution < -0.4 is 5.32 Å². The molecule has 2 atom stereocenters. The fourth-order valence-electron chi connectivity index (χ4n) is 2.24. The van der Waals surface area contributed by atoms with Crippen LogP contribution in [0.3, 0.4) is 0 Å². The second-order valence-electron chi connectivity index (χ2n) is 4.55. The van der Waals surface area contributed by atoms with Crippen molar-refractivity contribution in [2.45, 2.75) is 45.3 Å². The van der Waals surface area contributed by atoms with Gasteiger partial charge in [0, 0.05) is 23.9 Å². The second kappa shape index (κ2) is 5.46. The average molecular weight is 223 g/mol. The van der Waals surface area contributed by atoms with E-state index in [0.717, 1.165) is 25.3 Å². The summed E-state index contributed by atoms with van der Waals surface area (Å²) in [4.78, 5) is 0. The molecule has 16 heavy (non-hydrogen) atoms. The maximum atomic E-state index is 5.59. The van der Waals surface area contributed by atoms with E-state index in [0.29, 0.717) is 12.1 Å². The lowest BCUT2D eigenvalue weighted by atomic mass is 10.1. The molecule has 2 unspecified atom stereocenters. The Morgan fingerprint density at radius 2 is 2.56 bits per heavy atom. The lowest BCUT2D eigenvalue weighted by Crippen LogP contribution is -2.23. The van der Waals surface area contributed by atoms with Crippen molar-refractivity contribution in [2.24, 2.45) is 0 Å². The molecule has 0 saturated carbocycles. The summed E-state index contributed by atoms with van der Waals surface area (Å²) in [5, 5.41) is 10.5. The predicted molar refractivity (Wildman–Crippen MR) is 63.3 cm³/mol. The maximum absolute atomic E-state index is 5.59. The van der Waals surface area contributed by atoms with Gasteiger partial charge in [-0.3, -0.25) is 5.10 Å². The molecular formula is C12H21N3O. The highest BCUT2D eigenvalue weighted by atomic mass is 16.5. The van der Waals surface area contributed by atoms with E-state index < -0.39 is 0 Å². The Balaban J connectivity index is 1.71. The number of H-pyrrole nitrogens is 1. The third-order valence-corrected chi connectivity index (χ3v) is 3.28. The van der Waals surface area contributed by atoms with Gasteiger partial charge in [0.25, 0.3) is 0 Å². The van der Waals surface area contributed by atoms with Crippen LogP contribution in [0.2, 0.25) is 0 Å². The first kappa shape index (κ1) is 11.6. The van der Waals surface area contributed by atoms with E-state index in [1.807, 2.05) is 6.20 Å². The second-order valence-corrected chi connectivity index (χ2v) is 4.55. The minimum Gasteiger partial charge on any atom is -0.378 e. The van der Waals surface area contributed by atoms with Gasteiger partial charge < -0.3 is 10.1 Å². The SMILES string of the molecule is Cc1[nH]ncc1C(C)NCCC1CCCO1. The zero-order valence-corrected chi connectivity index (χ0v) is 10.1. The van der Waals surface area contributed by atoms with Gasteiger partial charge in [-0.05, 0) is 39.7 Å². The number of aromatic nitrogens is 2. The molecule has 0 bridgehead atoms. The Morgan fingerprint density at radius 3 is 3.19 bits per heavy atom. The van der Waals surface area contributed by atoms with Crippen molar-refractivity contribution in [3.8, 4) is 0 Å². The lowest BCUT2D eigenvalue weighted by molar-refractivity contribution is 0.103. The highest BCUT2D eigenvalue weighted by Crippen LogP contribution is 2.17. The zero-order valence-electron chi connectivity index (χ0n) is 10.1. The Kier molecular flexibility index (Phi) is 3.96. The quantitative estimate of drug-likeness (QED) is 0.802. The molecule has 1 aliphatic heterocycles. The number of hydrogen-bond donors (Lipinski definition) is 2. The predicted octanol–water partition coefficient (Wildman–Crippen LogP) is 1.94. The first-order valence-corrected chi connectivity index (χ1v) is 6.12. The van der Waals surface area contributed by atoms with Crippen LogP contribution in [0.4, 0.5) is 0 Å². The van der Waals surface area contributed by atoms with E-state index in [1.165, 1.54) is 18.4 Å². The van der Waals surface area contributed by atoms with Crippen LogP contribution in [0, 0.1) is 6.92 Å². The summed E-state index contributed by atoms with van der Waals surface area (Å²) in [5.41, 5.74) is 2.41. The largest absolute Gasteiger partial charge is 0.378 e. The van der Waals surface area contributed by atoms with Gasteiger partial charge in [0.15, 0.2) is 0 Å². The average Bonchev–Trinajstić information content (AvgIpc) is 2.88. The smallest absolute Gasteiger partial charge is 0.0588 e. The van der Waals surface area contributed by atoms with Gasteiger partial charge in [-0.15, -0.1) is 0 Å². The molecule has 4 nitrogen and oxygen atoms in total. The summed E-state index contributed by atoms with van der Waals surface area (Å²) in [6.45, 7) is 6.19. The number of ether oxygens (including phenoxy) is 1. The summed E-state index contributed by atoms with van der Waals surface area (Å²) in [6, 6.07) is 0.361. The number of aromatic amines is 1. The third-order valence-electron chi connectivity index (χ3n) is 3.28. The molecule has 0 aliphatic carbocycles. The van der Waals surface area contributed by atoms with Crippen LogP contribution in [0.15, 0.2) is 6.20 Å². The molecule has 0 spiro atoms. The molecule has 1 fully saturated rings. The van der Waals surface area contributed by atoms with Crippen molar-refractivity contribution < 1.29 is 4.74 Å². The normalized spacial score (nSPS) is 22.5. The van der Waals surface area contributed by atoms with Crippen LogP contribution in [0.25, 0.3) is 0 Å². The number of nitrogens with zero attached hydrogens (tertiary/aromatic N) is 1. The molecular weight excluding hydrogens is 202 g/mol. The van der Waals surface area contributed by atoms with E-state index in [4.69, 9.17) is 4.74 Å². The highest BCUT2D eigenvalue weighted by molar-refractivity contribution is 5.18. The topological polar surface area (TPSA) is 49.9 Å². The molecule has 2 heterocycles. The molecule has 0 amide bonds. The molecule has 2 rings (SSSR count). The molecule has 0 radical (unpaired) electrons. The summed E-state index contributed by atoms with van der Waals surface area (Å²) in [6.07, 6.45) is 5.94. The Morgan fingerprint density at radius 1 is 1.69 bits per heavy atom. The summed E-state index contributed by atoms with van der Waals surface area (Å²) >= 11 is 0. The number of nitrogens with one attached hydrogen (secondary N) is 2. The Bertz CT molecular complexity index is 318. The number of aryl methyl sites for hydroxylation is 1. The number of hydrogen-bond acceptors (Lipinski definition) is 3. The third kappa shape index (κ3) is 2.83. The number of rotatable bonds is 5. The first-order valence-electron chi connectivity index (χ1n) is 6.12. The van der Waals surface area contributed by atoms with Gasteiger partial charge in [-0.25, -0.2) is 0 Å². The van der Waals surface area contributed by atoms with Crippen LogP contribution >= 0.6 is 0 Å². The van der Waals surface area contributed by atoms with E-state index in [9.17, 15) is 0 Å². The molecule has 1 aliphatic rings. The first-order chi connectivity index (χ1) is 7.77. The fourth-order valence-corrected chi connectivity index (χ4v) is 2.24. The standard InChI is InChI=1S/C12H21N3O/c1-9(12-8-14-15-10(12)2)13-6-5-11-4-3-7-16-11/h8-9,11,13H,3-7H2,1-2H3,(H,14,15). The van der Waals surface area contributed by atoms with Gasteiger partial charge >= 0.3 is 0 Å². The fraction of sp³-hybridized carbons (Fsp3) is 0.750. The Labute approximate surface area is 96.8 Å². The van der Waals surface area contributed by atoms with E-state index in [2.05, 4.69) is 29.4 Å². The van der Waals surface area contributed by atoms with Crippen molar-refractivity contribution in [3.63, 3.8) is 0 Å². The van der Waals surface area contributed by atoms with Crippen molar-refractivity contribution in [1.29, 1.82) is 0 Å². The van der Waals surface area contributed by atoms with Gasteiger partial charge in [0.05, 0.1) is 12.3 Å². The van der Waals surface area contributed by atoms with Crippen molar-refractivity contribution >= 4 is 0 Å². The van der Waals surface area contributed by atoms with E-state index in [-0.39, 0.29) is 0 Å². The van der Waals surface area contributed by atoms with Crippen LogP contribution in [0.5, 0.6) is 0 Å². The molecule has 1 aromatic heterocycles. The monoisotopic (exact) mass is 223 g/mol. The molecule has 2 N–H and O–H groups in total. The van der Waals surface area contributed by atoms with E-state index in [1.54, 1.807) is 0 Å². The molecule has 0 aromatic carbocycles. The molecule has 1 saturated heterocycles. The molecule has 1 aromatic rings. The van der Waals surface area contributed by atoms with Crippen molar-refractivity contribution in [1.82, 2.24) is 15.5 Å². The van der Waals surface area contributed by atoms with Gasteiger partial charge in [0.1, 0.15) is 0 Å². The van der Waals surface area contributed by atoms with Crippen LogP contribution in [0.1, 0.15) is 43.5 Å². The summed E-state index contributed by atoms with van der Waals surface area (Å²) < 4.78 is 5.59. The van der Waals surface area contributed by atoms with Gasteiger partial charge in [-0.2, -0.15) is 5.10 Å². The minimum atomic E-state index is 0.361. The van der Waals surface area contributed by atoms with Gasteiger partial charge in [-0.1, -0.05) is 0 Å². The molecule has 90 valence electrons. The van der Waals surface area contributed by atoms with Crippen molar-refractivity contribution in [3.05, 3.63) is 17.5 Å². The lowest BCUT2D eigenvalue weighted by Gasteiger charge is -2.15. The molecule has 4 heteroatoms. The zero-order chi connectivity index (χ0) is 11.4. The van der Waals surface area contributed by atoms with Crippen LogP contribution in [-0.2, 0) is 4.74 Å². The highest BCUT2D eigenvalue weighted by Gasteiger charge is 2.15. The minimum absolute atomic E-state index is 0.361. The maximum Gasteiger partial charge on any atom is 0.0588 e. The summed E-state index contributed by atoms with van der Waals surface area (Å²) in [5.74, 6) is 0. The van der Waals surface area contributed by atoms with Gasteiger partial charge in [0.2, 0.25) is 0 Å². The van der Waals surface area contributed by atoms with Crippen LogP contribution in [-0.4, -0.2) is 29.5 Å². The Hall–Kier alpha value is -0.870. The summed E-state index contributed by atoms with van der Waals surface area (Å²) in [7, 11) is 0. The van der Waals surface area contributed by atoms with Crippen molar-refractivity contribution in [2.75, 3.05) is 13.2 Å².